The summed E-state index contributed by atoms with van der Waals surface area (Å²) in [5, 5.41) is 6.57. The predicted octanol–water partition coefficient (Wildman–Crippen LogP) is 2.35. The second-order valence-corrected chi connectivity index (χ2v) is 5.96. The maximum Gasteiger partial charge on any atom is 0.435 e. The summed E-state index contributed by atoms with van der Waals surface area (Å²) in [6.45, 7) is 2.36. The number of hydrogen-bond acceptors (Lipinski definition) is 6. The Hall–Kier alpha value is -2.61. The molecule has 0 spiro atoms. The second kappa shape index (κ2) is 7.59. The molecule has 0 radical (unpaired) electrons. The summed E-state index contributed by atoms with van der Waals surface area (Å²) < 4.78 is 5.64. The van der Waals surface area contributed by atoms with E-state index in [9.17, 15) is 4.79 Å². The van der Waals surface area contributed by atoms with E-state index in [0.29, 0.717) is 17.9 Å². The van der Waals surface area contributed by atoms with E-state index in [4.69, 9.17) is 10.5 Å². The molecule has 122 valence electrons. The van der Waals surface area contributed by atoms with Gasteiger partial charge in [0.25, 0.3) is 0 Å². The molecule has 7 nitrogen and oxygen atoms in total. The number of ether oxygens (including phenoxy) is 1. The molecule has 1 aromatic carbocycles. The SMILES string of the molecule is Cc1nc(COc2ccc(C(N)=NOC(=O)N(C)C)cc2)cs1. The van der Waals surface area contributed by atoms with Crippen molar-refractivity contribution in [3.05, 3.63) is 45.9 Å². The molecule has 2 aromatic rings. The molecule has 8 heteroatoms. The zero-order chi connectivity index (χ0) is 16.8. The molecular formula is C15H18N4O3S. The minimum absolute atomic E-state index is 0.113. The molecule has 0 aliphatic heterocycles. The number of benzene rings is 1. The molecule has 0 saturated heterocycles. The van der Waals surface area contributed by atoms with Crippen molar-refractivity contribution in [3.63, 3.8) is 0 Å². The van der Waals surface area contributed by atoms with Crippen LogP contribution in [0.1, 0.15) is 16.3 Å². The van der Waals surface area contributed by atoms with Crippen LogP contribution in [0, 0.1) is 6.92 Å². The maximum atomic E-state index is 11.3. The average molecular weight is 334 g/mol. The third-order valence-electron chi connectivity index (χ3n) is 2.79. The van der Waals surface area contributed by atoms with E-state index >= 15 is 0 Å². The molecule has 23 heavy (non-hydrogen) atoms. The van der Waals surface area contributed by atoms with Gasteiger partial charge in [-0.1, -0.05) is 5.16 Å². The predicted molar refractivity (Wildman–Crippen MR) is 88.5 cm³/mol. The van der Waals surface area contributed by atoms with Crippen LogP contribution in [0.2, 0.25) is 0 Å². The highest BCUT2D eigenvalue weighted by Crippen LogP contribution is 2.15. The van der Waals surface area contributed by atoms with Gasteiger partial charge >= 0.3 is 6.09 Å². The molecule has 2 N–H and O–H groups in total. The second-order valence-electron chi connectivity index (χ2n) is 4.90. The molecule has 0 aliphatic rings. The first kappa shape index (κ1) is 16.8. The molecular weight excluding hydrogens is 316 g/mol. The fourth-order valence-corrected chi connectivity index (χ4v) is 2.17. The lowest BCUT2D eigenvalue weighted by Gasteiger charge is -2.07. The standard InChI is InChI=1S/C15H18N4O3S/c1-10-17-12(9-23-10)8-21-13-6-4-11(5-7-13)14(16)18-22-15(20)19(2)3/h4-7,9H,8H2,1-3H3,(H2,16,18). The lowest BCUT2D eigenvalue weighted by atomic mass is 10.2. The van der Waals surface area contributed by atoms with Gasteiger partial charge in [0.1, 0.15) is 12.4 Å². The van der Waals surface area contributed by atoms with Gasteiger partial charge in [-0.2, -0.15) is 0 Å². The van der Waals surface area contributed by atoms with E-state index in [1.165, 1.54) is 4.90 Å². The quantitative estimate of drug-likeness (QED) is 0.392. The van der Waals surface area contributed by atoms with Crippen LogP contribution in [0.25, 0.3) is 0 Å². The number of amides is 1. The van der Waals surface area contributed by atoms with Gasteiger partial charge < -0.3 is 15.4 Å². The topological polar surface area (TPSA) is 90.0 Å². The van der Waals surface area contributed by atoms with Crippen LogP contribution in [0.4, 0.5) is 4.79 Å². The van der Waals surface area contributed by atoms with E-state index in [0.717, 1.165) is 10.7 Å². The Labute approximate surface area is 138 Å². The fourth-order valence-electron chi connectivity index (χ4n) is 1.58. The van der Waals surface area contributed by atoms with Gasteiger partial charge in [-0.15, -0.1) is 11.3 Å². The Balaban J connectivity index is 1.93. The van der Waals surface area contributed by atoms with Gasteiger partial charge in [-0.3, -0.25) is 4.84 Å². The molecule has 0 unspecified atom stereocenters. The summed E-state index contributed by atoms with van der Waals surface area (Å²) in [5.74, 6) is 0.805. The third-order valence-corrected chi connectivity index (χ3v) is 3.61. The Morgan fingerprint density at radius 1 is 1.35 bits per heavy atom. The summed E-state index contributed by atoms with van der Waals surface area (Å²) in [5.41, 5.74) is 7.30. The molecule has 0 atom stereocenters. The lowest BCUT2D eigenvalue weighted by Crippen LogP contribution is -2.23. The number of hydrogen-bond donors (Lipinski definition) is 1. The van der Waals surface area contributed by atoms with Crippen molar-refractivity contribution in [1.82, 2.24) is 9.88 Å². The zero-order valence-electron chi connectivity index (χ0n) is 13.1. The summed E-state index contributed by atoms with van der Waals surface area (Å²) in [6.07, 6.45) is -0.591. The summed E-state index contributed by atoms with van der Waals surface area (Å²) in [7, 11) is 3.12. The lowest BCUT2D eigenvalue weighted by molar-refractivity contribution is 0.122. The molecule has 0 aliphatic carbocycles. The minimum atomic E-state index is -0.591. The van der Waals surface area contributed by atoms with Crippen molar-refractivity contribution in [1.29, 1.82) is 0 Å². The number of nitrogens with zero attached hydrogens (tertiary/aromatic N) is 3. The summed E-state index contributed by atoms with van der Waals surface area (Å²) in [6, 6.07) is 7.02. The van der Waals surface area contributed by atoms with Crippen LogP contribution in [0.5, 0.6) is 5.75 Å². The van der Waals surface area contributed by atoms with Crippen molar-refractivity contribution < 1.29 is 14.4 Å². The molecule has 0 fully saturated rings. The van der Waals surface area contributed by atoms with Crippen LogP contribution in [-0.2, 0) is 11.4 Å². The number of carbonyl (C=O) groups is 1. The summed E-state index contributed by atoms with van der Waals surface area (Å²) >= 11 is 1.59. The van der Waals surface area contributed by atoms with Gasteiger partial charge in [0.15, 0.2) is 5.84 Å². The Morgan fingerprint density at radius 2 is 2.04 bits per heavy atom. The van der Waals surface area contributed by atoms with Crippen LogP contribution >= 0.6 is 11.3 Å². The average Bonchev–Trinajstić information content (AvgIpc) is 2.96. The number of oxime groups is 1. The smallest absolute Gasteiger partial charge is 0.435 e. The number of nitrogens with two attached hydrogens (primary N) is 1. The van der Waals surface area contributed by atoms with Crippen LogP contribution in [0.15, 0.2) is 34.8 Å². The first-order valence-corrected chi connectivity index (χ1v) is 7.69. The van der Waals surface area contributed by atoms with E-state index in [2.05, 4.69) is 15.0 Å². The Morgan fingerprint density at radius 3 is 2.61 bits per heavy atom. The number of carbonyl (C=O) groups excluding carboxylic acids is 1. The van der Waals surface area contributed by atoms with Crippen LogP contribution in [0.3, 0.4) is 0 Å². The van der Waals surface area contributed by atoms with Gasteiger partial charge in [-0.05, 0) is 31.2 Å². The van der Waals surface area contributed by atoms with E-state index in [-0.39, 0.29) is 5.84 Å². The number of aryl methyl sites for hydroxylation is 1. The molecule has 1 heterocycles. The van der Waals surface area contributed by atoms with Crippen LogP contribution < -0.4 is 10.5 Å². The molecule has 0 saturated carbocycles. The number of rotatable bonds is 5. The number of amidine groups is 1. The molecule has 2 rings (SSSR count). The van der Waals surface area contributed by atoms with Gasteiger partial charge in [0.2, 0.25) is 0 Å². The third kappa shape index (κ3) is 4.96. The van der Waals surface area contributed by atoms with Crippen molar-refractivity contribution in [2.45, 2.75) is 13.5 Å². The van der Waals surface area contributed by atoms with Crippen molar-refractivity contribution in [2.75, 3.05) is 14.1 Å². The van der Waals surface area contributed by atoms with Crippen molar-refractivity contribution in [3.8, 4) is 5.75 Å². The number of aromatic nitrogens is 1. The highest BCUT2D eigenvalue weighted by molar-refractivity contribution is 7.09. The van der Waals surface area contributed by atoms with Gasteiger partial charge in [0, 0.05) is 25.0 Å². The Kier molecular flexibility index (Phi) is 5.53. The zero-order valence-corrected chi connectivity index (χ0v) is 14.0. The molecule has 0 bridgehead atoms. The van der Waals surface area contributed by atoms with Crippen LogP contribution in [-0.4, -0.2) is 35.9 Å². The van der Waals surface area contributed by atoms with Gasteiger partial charge in [-0.25, -0.2) is 9.78 Å². The Bertz CT molecular complexity index is 695. The van der Waals surface area contributed by atoms with Crippen molar-refractivity contribution >= 4 is 23.3 Å². The van der Waals surface area contributed by atoms with Crippen molar-refractivity contribution in [2.24, 2.45) is 10.9 Å². The monoisotopic (exact) mass is 334 g/mol. The minimum Gasteiger partial charge on any atom is -0.487 e. The number of thiazole rings is 1. The fraction of sp³-hybridized carbons (Fsp3) is 0.267. The highest BCUT2D eigenvalue weighted by Gasteiger charge is 2.06. The first-order valence-electron chi connectivity index (χ1n) is 6.81. The first-order chi connectivity index (χ1) is 11.0. The molecule has 1 aromatic heterocycles. The largest absolute Gasteiger partial charge is 0.487 e. The normalized spacial score (nSPS) is 11.2. The highest BCUT2D eigenvalue weighted by atomic mass is 32.1. The van der Waals surface area contributed by atoms with E-state index in [1.807, 2.05) is 12.3 Å². The van der Waals surface area contributed by atoms with Gasteiger partial charge in [0.05, 0.1) is 10.7 Å². The van der Waals surface area contributed by atoms with E-state index in [1.54, 1.807) is 49.7 Å². The maximum absolute atomic E-state index is 11.3. The summed E-state index contributed by atoms with van der Waals surface area (Å²) in [4.78, 5) is 21.5. The molecule has 1 amide bonds. The van der Waals surface area contributed by atoms with E-state index < -0.39 is 6.09 Å².